The third-order valence-corrected chi connectivity index (χ3v) is 3.48. The predicted molar refractivity (Wildman–Crippen MR) is 80.2 cm³/mol. The summed E-state index contributed by atoms with van der Waals surface area (Å²) in [4.78, 5) is 27.3. The van der Waals surface area contributed by atoms with Crippen molar-refractivity contribution in [3.8, 4) is 0 Å². The van der Waals surface area contributed by atoms with Crippen LogP contribution in [0.5, 0.6) is 0 Å². The molecule has 0 unspecified atom stereocenters. The molecule has 1 aromatic rings. The molecule has 0 radical (unpaired) electrons. The number of hydrogen-bond acceptors (Lipinski definition) is 6. The molecule has 2 rings (SSSR count). The fraction of sp³-hybridized carbons (Fsp3) is 0.643. The second kappa shape index (κ2) is 7.90. The molecule has 1 aliphatic rings. The Morgan fingerprint density at radius 2 is 1.95 bits per heavy atom. The molecule has 1 saturated heterocycles. The Bertz CT molecular complexity index is 508. The molecule has 122 valence electrons. The fourth-order valence-electron chi connectivity index (χ4n) is 2.39. The number of piperazine rings is 1. The Kier molecular flexibility index (Phi) is 5.91. The van der Waals surface area contributed by atoms with E-state index in [4.69, 9.17) is 4.52 Å². The maximum Gasteiger partial charge on any atom is 0.321 e. The van der Waals surface area contributed by atoms with Gasteiger partial charge in [-0.25, -0.2) is 4.79 Å². The smallest absolute Gasteiger partial charge is 0.321 e. The molecule has 2 N–H and O–H groups in total. The van der Waals surface area contributed by atoms with E-state index in [1.54, 1.807) is 6.92 Å². The van der Waals surface area contributed by atoms with Gasteiger partial charge in [0.05, 0.1) is 18.8 Å². The van der Waals surface area contributed by atoms with Gasteiger partial charge in [0.25, 0.3) is 0 Å². The Morgan fingerprint density at radius 3 is 2.55 bits per heavy atom. The average molecular weight is 309 g/mol. The zero-order chi connectivity index (χ0) is 15.9. The molecule has 0 spiro atoms. The lowest BCUT2D eigenvalue weighted by atomic mass is 10.3. The topological polar surface area (TPSA) is 90.7 Å². The van der Waals surface area contributed by atoms with Gasteiger partial charge in [-0.3, -0.25) is 19.9 Å². The van der Waals surface area contributed by atoms with E-state index in [0.717, 1.165) is 44.2 Å². The van der Waals surface area contributed by atoms with Crippen LogP contribution in [0.4, 0.5) is 4.79 Å². The number of nitrogens with one attached hydrogen (secondary N) is 2. The SMILES string of the molecule is CCNC(=O)NC(=O)CN1CCN(Cc2cc(C)no2)CC1. The molecular formula is C14H23N5O3. The summed E-state index contributed by atoms with van der Waals surface area (Å²) in [6, 6.07) is 1.50. The van der Waals surface area contributed by atoms with E-state index in [2.05, 4.69) is 20.7 Å². The summed E-state index contributed by atoms with van der Waals surface area (Å²) in [6.45, 7) is 8.47. The van der Waals surface area contributed by atoms with E-state index in [9.17, 15) is 9.59 Å². The Morgan fingerprint density at radius 1 is 1.27 bits per heavy atom. The van der Waals surface area contributed by atoms with Crippen molar-refractivity contribution in [1.82, 2.24) is 25.6 Å². The van der Waals surface area contributed by atoms with E-state index in [0.29, 0.717) is 6.54 Å². The van der Waals surface area contributed by atoms with E-state index in [-0.39, 0.29) is 12.5 Å². The van der Waals surface area contributed by atoms with Gasteiger partial charge >= 0.3 is 6.03 Å². The van der Waals surface area contributed by atoms with Crippen molar-refractivity contribution in [2.45, 2.75) is 20.4 Å². The van der Waals surface area contributed by atoms with Crippen molar-refractivity contribution in [2.75, 3.05) is 39.3 Å². The summed E-state index contributed by atoms with van der Waals surface area (Å²) < 4.78 is 5.21. The van der Waals surface area contributed by atoms with Crippen LogP contribution in [0.15, 0.2) is 10.6 Å². The first kappa shape index (κ1) is 16.4. The van der Waals surface area contributed by atoms with E-state index < -0.39 is 6.03 Å². The average Bonchev–Trinajstić information content (AvgIpc) is 2.86. The van der Waals surface area contributed by atoms with Gasteiger partial charge in [0, 0.05) is 38.8 Å². The summed E-state index contributed by atoms with van der Waals surface area (Å²) in [7, 11) is 0. The number of imide groups is 1. The summed E-state index contributed by atoms with van der Waals surface area (Å²) in [5, 5.41) is 8.73. The van der Waals surface area contributed by atoms with Crippen molar-refractivity contribution >= 4 is 11.9 Å². The second-order valence-electron chi connectivity index (χ2n) is 5.39. The Hall–Kier alpha value is -1.93. The fourth-order valence-corrected chi connectivity index (χ4v) is 2.39. The lowest BCUT2D eigenvalue weighted by molar-refractivity contribution is -0.121. The molecular weight excluding hydrogens is 286 g/mol. The summed E-state index contributed by atoms with van der Waals surface area (Å²) >= 11 is 0. The molecule has 22 heavy (non-hydrogen) atoms. The molecule has 2 heterocycles. The van der Waals surface area contributed by atoms with Gasteiger partial charge in [-0.05, 0) is 13.8 Å². The first-order valence-corrected chi connectivity index (χ1v) is 7.51. The van der Waals surface area contributed by atoms with Crippen LogP contribution in [0.25, 0.3) is 0 Å². The largest absolute Gasteiger partial charge is 0.360 e. The van der Waals surface area contributed by atoms with Gasteiger partial charge in [0.15, 0.2) is 5.76 Å². The van der Waals surface area contributed by atoms with Crippen LogP contribution < -0.4 is 10.6 Å². The highest BCUT2D eigenvalue weighted by Crippen LogP contribution is 2.09. The van der Waals surface area contributed by atoms with E-state index in [1.165, 1.54) is 0 Å². The Balaban J connectivity index is 1.68. The number of rotatable bonds is 5. The number of carbonyl (C=O) groups is 2. The third-order valence-electron chi connectivity index (χ3n) is 3.48. The number of aromatic nitrogens is 1. The van der Waals surface area contributed by atoms with E-state index >= 15 is 0 Å². The number of aryl methyl sites for hydroxylation is 1. The molecule has 1 aromatic heterocycles. The minimum atomic E-state index is -0.438. The standard InChI is InChI=1S/C14H23N5O3/c1-3-15-14(21)16-13(20)10-19-6-4-18(5-7-19)9-12-8-11(2)17-22-12/h8H,3-7,9-10H2,1-2H3,(H2,15,16,20,21). The molecule has 0 saturated carbocycles. The normalized spacial score (nSPS) is 16.5. The molecule has 8 nitrogen and oxygen atoms in total. The summed E-state index contributed by atoms with van der Waals surface area (Å²) in [6.07, 6.45) is 0. The van der Waals surface area contributed by atoms with Gasteiger partial charge in [0.2, 0.25) is 5.91 Å². The quantitative estimate of drug-likeness (QED) is 0.792. The molecule has 0 aromatic carbocycles. The van der Waals surface area contributed by atoms with E-state index in [1.807, 2.05) is 17.9 Å². The van der Waals surface area contributed by atoms with Gasteiger partial charge in [0.1, 0.15) is 0 Å². The first-order valence-electron chi connectivity index (χ1n) is 7.51. The Labute approximate surface area is 129 Å². The monoisotopic (exact) mass is 309 g/mol. The number of amides is 3. The molecule has 8 heteroatoms. The molecule has 3 amide bonds. The summed E-state index contributed by atoms with van der Waals surface area (Å²) in [5.41, 5.74) is 0.885. The highest BCUT2D eigenvalue weighted by molar-refractivity contribution is 5.95. The molecule has 1 aliphatic heterocycles. The predicted octanol–water partition coefficient (Wildman–Crippen LogP) is -0.0537. The van der Waals surface area contributed by atoms with Crippen LogP contribution in [0.2, 0.25) is 0 Å². The van der Waals surface area contributed by atoms with Crippen molar-refractivity contribution < 1.29 is 14.1 Å². The minimum Gasteiger partial charge on any atom is -0.360 e. The van der Waals surface area contributed by atoms with Crippen LogP contribution >= 0.6 is 0 Å². The van der Waals surface area contributed by atoms with Gasteiger partial charge in [-0.1, -0.05) is 5.16 Å². The molecule has 0 atom stereocenters. The lowest BCUT2D eigenvalue weighted by Crippen LogP contribution is -2.50. The number of urea groups is 1. The van der Waals surface area contributed by atoms with Crippen molar-refractivity contribution in [1.29, 1.82) is 0 Å². The first-order chi connectivity index (χ1) is 10.6. The zero-order valence-electron chi connectivity index (χ0n) is 13.1. The number of carbonyl (C=O) groups excluding carboxylic acids is 2. The van der Waals surface area contributed by atoms with Crippen molar-refractivity contribution in [2.24, 2.45) is 0 Å². The molecule has 0 bridgehead atoms. The number of hydrogen-bond donors (Lipinski definition) is 2. The second-order valence-corrected chi connectivity index (χ2v) is 5.39. The third kappa shape index (κ3) is 5.12. The van der Waals surface area contributed by atoms with Gasteiger partial charge < -0.3 is 9.84 Å². The lowest BCUT2D eigenvalue weighted by Gasteiger charge is -2.33. The summed E-state index contributed by atoms with van der Waals surface area (Å²) in [5.74, 6) is 0.588. The van der Waals surface area contributed by atoms with Crippen LogP contribution in [0.1, 0.15) is 18.4 Å². The zero-order valence-corrected chi connectivity index (χ0v) is 13.1. The minimum absolute atomic E-state index is 0.242. The maximum absolute atomic E-state index is 11.7. The number of nitrogens with zero attached hydrogens (tertiary/aromatic N) is 3. The van der Waals surface area contributed by atoms with Crippen molar-refractivity contribution in [3.63, 3.8) is 0 Å². The molecule has 1 fully saturated rings. The maximum atomic E-state index is 11.7. The van der Waals surface area contributed by atoms with Crippen LogP contribution in [-0.4, -0.2) is 66.2 Å². The highest BCUT2D eigenvalue weighted by atomic mass is 16.5. The van der Waals surface area contributed by atoms with Crippen LogP contribution in [-0.2, 0) is 11.3 Å². The highest BCUT2D eigenvalue weighted by Gasteiger charge is 2.20. The molecule has 0 aliphatic carbocycles. The van der Waals surface area contributed by atoms with Gasteiger partial charge in [-0.15, -0.1) is 0 Å². The van der Waals surface area contributed by atoms with Gasteiger partial charge in [-0.2, -0.15) is 0 Å². The van der Waals surface area contributed by atoms with Crippen LogP contribution in [0.3, 0.4) is 0 Å². The van der Waals surface area contributed by atoms with Crippen molar-refractivity contribution in [3.05, 3.63) is 17.5 Å². The van der Waals surface area contributed by atoms with Crippen LogP contribution in [0, 0.1) is 6.92 Å².